The van der Waals surface area contributed by atoms with Gasteiger partial charge in [0.05, 0.1) is 12.6 Å². The van der Waals surface area contributed by atoms with Crippen molar-refractivity contribution in [1.82, 2.24) is 15.5 Å². The van der Waals surface area contributed by atoms with E-state index in [4.69, 9.17) is 4.74 Å². The third-order valence-corrected chi connectivity index (χ3v) is 3.80. The molecule has 0 spiro atoms. The monoisotopic (exact) mass is 299 g/mol. The number of unbranched alkanes of at least 4 members (excludes halogenated alkanes) is 3. The summed E-state index contributed by atoms with van der Waals surface area (Å²) in [6.45, 7) is 11.5. The predicted molar refractivity (Wildman–Crippen MR) is 85.4 cm³/mol. The number of ether oxygens (including phenoxy) is 1. The van der Waals surface area contributed by atoms with Crippen molar-refractivity contribution in [2.45, 2.75) is 84.9 Å². The fourth-order valence-corrected chi connectivity index (χ4v) is 2.51. The second-order valence-electron chi connectivity index (χ2n) is 6.34. The van der Waals surface area contributed by atoms with Gasteiger partial charge in [0.2, 0.25) is 0 Å². The van der Waals surface area contributed by atoms with Crippen LogP contribution >= 0.6 is 11.3 Å². The van der Waals surface area contributed by atoms with E-state index in [9.17, 15) is 0 Å². The number of nitrogens with zero attached hydrogens (tertiary/aromatic N) is 2. The van der Waals surface area contributed by atoms with Crippen molar-refractivity contribution in [2.75, 3.05) is 0 Å². The lowest BCUT2D eigenvalue weighted by atomic mass is 10.1. The van der Waals surface area contributed by atoms with E-state index in [0.717, 1.165) is 18.0 Å². The molecule has 1 heterocycles. The van der Waals surface area contributed by atoms with Crippen molar-refractivity contribution in [2.24, 2.45) is 0 Å². The quantitative estimate of drug-likeness (QED) is 0.695. The molecule has 5 heteroatoms. The second kappa shape index (κ2) is 8.57. The van der Waals surface area contributed by atoms with Crippen molar-refractivity contribution < 1.29 is 4.74 Å². The van der Waals surface area contributed by atoms with Gasteiger partial charge in [0.1, 0.15) is 5.01 Å². The third-order valence-electron chi connectivity index (χ3n) is 2.98. The summed E-state index contributed by atoms with van der Waals surface area (Å²) in [7, 11) is 0. The fraction of sp³-hybridized carbons (Fsp3) is 0.867. The Hall–Kier alpha value is -0.680. The highest BCUT2D eigenvalue weighted by molar-refractivity contribution is 7.13. The van der Waals surface area contributed by atoms with Crippen LogP contribution in [0.25, 0.3) is 0 Å². The average Bonchev–Trinajstić information content (AvgIpc) is 2.79. The van der Waals surface area contributed by atoms with Gasteiger partial charge in [0, 0.05) is 5.54 Å². The fourth-order valence-electron chi connectivity index (χ4n) is 1.79. The summed E-state index contributed by atoms with van der Waals surface area (Å²) in [6, 6.07) is 0. The van der Waals surface area contributed by atoms with Crippen molar-refractivity contribution in [3.63, 3.8) is 0 Å². The van der Waals surface area contributed by atoms with Gasteiger partial charge < -0.3 is 10.1 Å². The van der Waals surface area contributed by atoms with Gasteiger partial charge >= 0.3 is 0 Å². The van der Waals surface area contributed by atoms with Gasteiger partial charge in [0.25, 0.3) is 5.19 Å². The first-order valence-electron chi connectivity index (χ1n) is 7.65. The van der Waals surface area contributed by atoms with Crippen LogP contribution in [-0.2, 0) is 6.54 Å². The normalized spacial score (nSPS) is 13.4. The molecule has 0 saturated heterocycles. The van der Waals surface area contributed by atoms with Crippen molar-refractivity contribution in [3.8, 4) is 5.19 Å². The molecular weight excluding hydrogens is 270 g/mol. The van der Waals surface area contributed by atoms with Gasteiger partial charge in [-0.25, -0.2) is 0 Å². The average molecular weight is 299 g/mol. The smallest absolute Gasteiger partial charge is 0.294 e. The Kier molecular flexibility index (Phi) is 7.45. The maximum Gasteiger partial charge on any atom is 0.294 e. The van der Waals surface area contributed by atoms with Gasteiger partial charge in [-0.2, -0.15) is 0 Å². The summed E-state index contributed by atoms with van der Waals surface area (Å²) in [5.41, 5.74) is 0.0965. The van der Waals surface area contributed by atoms with E-state index < -0.39 is 0 Å². The minimum atomic E-state index is 0.0965. The highest BCUT2D eigenvalue weighted by atomic mass is 32.1. The molecule has 116 valence electrons. The number of rotatable bonds is 9. The van der Waals surface area contributed by atoms with E-state index in [1.807, 2.05) is 0 Å². The first kappa shape index (κ1) is 17.4. The van der Waals surface area contributed by atoms with Crippen LogP contribution in [0.4, 0.5) is 0 Å². The molecule has 0 fully saturated rings. The summed E-state index contributed by atoms with van der Waals surface area (Å²) in [5.74, 6) is 0. The summed E-state index contributed by atoms with van der Waals surface area (Å²) in [4.78, 5) is 0. The van der Waals surface area contributed by atoms with Crippen molar-refractivity contribution in [1.29, 1.82) is 0 Å². The standard InChI is InChI=1S/C15H29N3OS/c1-6-7-8-9-10-12(2)19-14-18-17-13(20-14)11-16-15(3,4)5/h12,16H,6-11H2,1-5H3. The number of nitrogens with one attached hydrogen (secondary N) is 1. The van der Waals surface area contributed by atoms with Crippen LogP contribution in [0.2, 0.25) is 0 Å². The van der Waals surface area contributed by atoms with Crippen molar-refractivity contribution in [3.05, 3.63) is 5.01 Å². The Balaban J connectivity index is 2.28. The zero-order chi connectivity index (χ0) is 15.0. The molecule has 0 bridgehead atoms. The van der Waals surface area contributed by atoms with E-state index in [1.54, 1.807) is 0 Å². The number of hydrogen-bond acceptors (Lipinski definition) is 5. The number of aromatic nitrogens is 2. The molecule has 0 saturated carbocycles. The minimum Gasteiger partial charge on any atom is -0.466 e. The minimum absolute atomic E-state index is 0.0965. The van der Waals surface area contributed by atoms with Gasteiger partial charge in [0.15, 0.2) is 0 Å². The van der Waals surface area contributed by atoms with Gasteiger partial charge in [-0.1, -0.05) is 42.6 Å². The van der Waals surface area contributed by atoms with Gasteiger partial charge in [-0.3, -0.25) is 0 Å². The molecule has 1 atom stereocenters. The molecule has 0 amide bonds. The van der Waals surface area contributed by atoms with E-state index in [1.165, 1.54) is 37.0 Å². The molecule has 1 unspecified atom stereocenters. The Labute approximate surface area is 127 Å². The summed E-state index contributed by atoms with van der Waals surface area (Å²) in [6.07, 6.45) is 6.43. The molecule has 1 rings (SSSR count). The molecule has 1 aromatic heterocycles. The lowest BCUT2D eigenvalue weighted by Gasteiger charge is -2.19. The first-order chi connectivity index (χ1) is 9.40. The van der Waals surface area contributed by atoms with Gasteiger partial charge in [-0.15, -0.1) is 5.10 Å². The topological polar surface area (TPSA) is 47.0 Å². The summed E-state index contributed by atoms with van der Waals surface area (Å²) >= 11 is 1.54. The number of hydrogen-bond donors (Lipinski definition) is 1. The molecule has 1 aromatic rings. The molecule has 0 aliphatic rings. The molecule has 0 aliphatic heterocycles. The van der Waals surface area contributed by atoms with Crippen LogP contribution in [0, 0.1) is 0 Å². The molecule has 1 N–H and O–H groups in total. The van der Waals surface area contributed by atoms with Crippen LogP contribution in [0.5, 0.6) is 5.19 Å². The van der Waals surface area contributed by atoms with Crippen LogP contribution in [-0.4, -0.2) is 21.8 Å². The Morgan fingerprint density at radius 3 is 2.60 bits per heavy atom. The first-order valence-corrected chi connectivity index (χ1v) is 8.46. The predicted octanol–water partition coefficient (Wildman–Crippen LogP) is 4.16. The summed E-state index contributed by atoms with van der Waals surface area (Å²) < 4.78 is 5.82. The second-order valence-corrected chi connectivity index (χ2v) is 7.37. The van der Waals surface area contributed by atoms with Crippen LogP contribution in [0.15, 0.2) is 0 Å². The Morgan fingerprint density at radius 1 is 1.20 bits per heavy atom. The van der Waals surface area contributed by atoms with E-state index in [-0.39, 0.29) is 11.6 Å². The SMILES string of the molecule is CCCCCCC(C)Oc1nnc(CNC(C)(C)C)s1. The van der Waals surface area contributed by atoms with E-state index >= 15 is 0 Å². The lowest BCUT2D eigenvalue weighted by Crippen LogP contribution is -2.35. The highest BCUT2D eigenvalue weighted by Gasteiger charge is 2.13. The molecule has 0 aromatic carbocycles. The van der Waals surface area contributed by atoms with Gasteiger partial charge in [-0.05, 0) is 40.5 Å². The zero-order valence-corrected chi connectivity index (χ0v) is 14.3. The lowest BCUT2D eigenvalue weighted by molar-refractivity contribution is 0.204. The Bertz CT molecular complexity index is 373. The maximum atomic E-state index is 5.82. The van der Waals surface area contributed by atoms with Crippen LogP contribution < -0.4 is 10.1 Å². The highest BCUT2D eigenvalue weighted by Crippen LogP contribution is 2.21. The van der Waals surface area contributed by atoms with Crippen LogP contribution in [0.1, 0.15) is 71.7 Å². The molecule has 4 nitrogen and oxygen atoms in total. The molecule has 0 radical (unpaired) electrons. The van der Waals surface area contributed by atoms with Crippen molar-refractivity contribution >= 4 is 11.3 Å². The molecule has 0 aliphatic carbocycles. The van der Waals surface area contributed by atoms with Crippen LogP contribution in [0.3, 0.4) is 0 Å². The summed E-state index contributed by atoms with van der Waals surface area (Å²) in [5, 5.41) is 13.3. The van der Waals surface area contributed by atoms with E-state index in [0.29, 0.717) is 5.19 Å². The molecular formula is C15H29N3OS. The zero-order valence-electron chi connectivity index (χ0n) is 13.5. The third kappa shape index (κ3) is 7.80. The van der Waals surface area contributed by atoms with E-state index in [2.05, 4.69) is 50.1 Å². The largest absolute Gasteiger partial charge is 0.466 e. The molecule has 20 heavy (non-hydrogen) atoms. The maximum absolute atomic E-state index is 5.82. The Morgan fingerprint density at radius 2 is 1.95 bits per heavy atom.